The number of hydrogen-bond acceptors (Lipinski definition) is 0. The van der Waals surface area contributed by atoms with Gasteiger partial charge in [-0.15, -0.1) is 33.2 Å². The maximum atomic E-state index is 6.12. The zero-order valence-corrected chi connectivity index (χ0v) is 16.7. The predicted octanol–water partition coefficient (Wildman–Crippen LogP) is 7.98. The maximum absolute atomic E-state index is 6.12. The lowest BCUT2D eigenvalue weighted by Crippen LogP contribution is -2.16. The molecule has 0 aromatic rings. The summed E-state index contributed by atoms with van der Waals surface area (Å²) in [7, 11) is 0. The van der Waals surface area contributed by atoms with Crippen LogP contribution in [0.15, 0.2) is 0 Å². The van der Waals surface area contributed by atoms with Crippen molar-refractivity contribution in [1.82, 2.24) is 0 Å². The normalized spacial score (nSPS) is 13.7. The van der Waals surface area contributed by atoms with Crippen molar-refractivity contribution in [2.75, 3.05) is 0 Å². The Labute approximate surface area is 142 Å². The van der Waals surface area contributed by atoms with Gasteiger partial charge in [0.15, 0.2) is 0 Å². The molecule has 0 aliphatic carbocycles. The third-order valence-electron chi connectivity index (χ3n) is 3.95. The molecule has 0 nitrogen and oxygen atoms in total. The molecule has 0 aromatic carbocycles. The quantitative estimate of drug-likeness (QED) is 0.167. The van der Waals surface area contributed by atoms with Crippen LogP contribution >= 0.6 is 33.2 Å². The van der Waals surface area contributed by atoms with E-state index in [0.29, 0.717) is 5.92 Å². The summed E-state index contributed by atoms with van der Waals surface area (Å²) < 4.78 is 0. The minimum atomic E-state index is -2.45. The molecule has 0 radical (unpaired) electrons. The van der Waals surface area contributed by atoms with Crippen molar-refractivity contribution < 1.29 is 0 Å². The van der Waals surface area contributed by atoms with E-state index in [-0.39, 0.29) is 0 Å². The molecule has 1 unspecified atom stereocenters. The van der Waals surface area contributed by atoms with Crippen LogP contribution in [-0.2, 0) is 0 Å². The van der Waals surface area contributed by atoms with Crippen LogP contribution in [0.25, 0.3) is 0 Å². The standard InChI is InChI=1S/C16H33Cl3Si/c1-3-5-7-9-10-12-14-16(15-20(17,18)19)13-11-8-6-4-2/h16H,3-15H2,1-2H3. The summed E-state index contributed by atoms with van der Waals surface area (Å²) in [6, 6.07) is -1.59. The monoisotopic (exact) mass is 358 g/mol. The lowest BCUT2D eigenvalue weighted by Gasteiger charge is -2.20. The van der Waals surface area contributed by atoms with Gasteiger partial charge < -0.3 is 0 Å². The number of halogens is 3. The third kappa shape index (κ3) is 15.5. The van der Waals surface area contributed by atoms with Crippen LogP contribution < -0.4 is 0 Å². The highest BCUT2D eigenvalue weighted by Crippen LogP contribution is 2.34. The smallest absolute Gasteiger partial charge is 0.126 e. The minimum absolute atomic E-state index is 0.650. The van der Waals surface area contributed by atoms with Crippen molar-refractivity contribution in [2.24, 2.45) is 5.92 Å². The SMILES string of the molecule is CCCCCCCCC(CCCCCC)C[Si](Cl)(Cl)Cl. The van der Waals surface area contributed by atoms with Crippen molar-refractivity contribution in [3.05, 3.63) is 0 Å². The van der Waals surface area contributed by atoms with Crippen LogP contribution in [0.2, 0.25) is 6.04 Å². The topological polar surface area (TPSA) is 0 Å². The molecule has 0 amide bonds. The van der Waals surface area contributed by atoms with Crippen LogP contribution in [-0.4, -0.2) is 6.00 Å². The van der Waals surface area contributed by atoms with E-state index >= 15 is 0 Å². The largest absolute Gasteiger partial charge is 0.341 e. The first kappa shape index (κ1) is 21.1. The van der Waals surface area contributed by atoms with Crippen LogP contribution in [0.5, 0.6) is 0 Å². The number of hydrogen-bond donors (Lipinski definition) is 0. The summed E-state index contributed by atoms with van der Waals surface area (Å²) in [4.78, 5) is 0. The van der Waals surface area contributed by atoms with E-state index < -0.39 is 6.00 Å². The molecule has 0 saturated heterocycles. The Morgan fingerprint density at radius 1 is 0.650 bits per heavy atom. The highest BCUT2D eigenvalue weighted by molar-refractivity contribution is 7.64. The first-order valence-electron chi connectivity index (χ1n) is 8.56. The van der Waals surface area contributed by atoms with E-state index in [1.54, 1.807) is 0 Å². The van der Waals surface area contributed by atoms with E-state index in [9.17, 15) is 0 Å². The molecule has 0 aliphatic rings. The molecule has 1 atom stereocenters. The fraction of sp³-hybridized carbons (Fsp3) is 1.00. The molecule has 0 rings (SSSR count). The first-order valence-corrected chi connectivity index (χ1v) is 13.8. The third-order valence-corrected chi connectivity index (χ3v) is 6.38. The Hall–Kier alpha value is 1.09. The Kier molecular flexibility index (Phi) is 14.5. The van der Waals surface area contributed by atoms with E-state index in [4.69, 9.17) is 33.2 Å². The zero-order chi connectivity index (χ0) is 15.3. The van der Waals surface area contributed by atoms with Gasteiger partial charge in [-0.1, -0.05) is 90.9 Å². The van der Waals surface area contributed by atoms with Crippen LogP contribution in [0.1, 0.15) is 90.9 Å². The van der Waals surface area contributed by atoms with E-state index in [2.05, 4.69) is 13.8 Å². The number of rotatable bonds is 14. The summed E-state index contributed by atoms with van der Waals surface area (Å²) in [6.45, 7) is 4.51. The second kappa shape index (κ2) is 13.7. The Morgan fingerprint density at radius 3 is 1.50 bits per heavy atom. The predicted molar refractivity (Wildman–Crippen MR) is 98.4 cm³/mol. The van der Waals surface area contributed by atoms with Gasteiger partial charge in [-0.3, -0.25) is 0 Å². The average molecular weight is 360 g/mol. The van der Waals surface area contributed by atoms with Crippen molar-refractivity contribution in [3.63, 3.8) is 0 Å². The zero-order valence-electron chi connectivity index (χ0n) is 13.4. The average Bonchev–Trinajstić information content (AvgIpc) is 2.36. The van der Waals surface area contributed by atoms with E-state index in [1.807, 2.05) is 0 Å². The number of unbranched alkanes of at least 4 members (excludes halogenated alkanes) is 8. The molecule has 0 heterocycles. The van der Waals surface area contributed by atoms with Gasteiger partial charge in [0.1, 0.15) is 0 Å². The van der Waals surface area contributed by atoms with Crippen molar-refractivity contribution in [1.29, 1.82) is 0 Å². The first-order chi connectivity index (χ1) is 9.49. The lowest BCUT2D eigenvalue weighted by molar-refractivity contribution is 0.433. The fourth-order valence-electron chi connectivity index (χ4n) is 2.75. The summed E-state index contributed by atoms with van der Waals surface area (Å²) in [6.07, 6.45) is 15.9. The summed E-state index contributed by atoms with van der Waals surface area (Å²) in [5, 5.41) is 0. The molecular formula is C16H33Cl3Si. The van der Waals surface area contributed by atoms with Gasteiger partial charge >= 0.3 is 6.00 Å². The highest BCUT2D eigenvalue weighted by Gasteiger charge is 2.29. The van der Waals surface area contributed by atoms with Gasteiger partial charge in [0, 0.05) is 0 Å². The van der Waals surface area contributed by atoms with Crippen LogP contribution in [0, 0.1) is 5.92 Å². The molecule has 0 aromatic heterocycles. The molecule has 4 heteroatoms. The van der Waals surface area contributed by atoms with Gasteiger partial charge in [0.05, 0.1) is 0 Å². The second-order valence-corrected chi connectivity index (χ2v) is 15.3. The van der Waals surface area contributed by atoms with Gasteiger partial charge in [0.25, 0.3) is 0 Å². The summed E-state index contributed by atoms with van der Waals surface area (Å²) in [5.74, 6) is 0.650. The van der Waals surface area contributed by atoms with Crippen molar-refractivity contribution >= 4 is 39.2 Å². The Balaban J connectivity index is 3.80. The van der Waals surface area contributed by atoms with Crippen molar-refractivity contribution in [2.45, 2.75) is 96.9 Å². The maximum Gasteiger partial charge on any atom is 0.341 e. The molecule has 0 fully saturated rings. The molecule has 0 bridgehead atoms. The Morgan fingerprint density at radius 2 is 1.05 bits per heavy atom. The van der Waals surface area contributed by atoms with Gasteiger partial charge in [-0.2, -0.15) is 0 Å². The van der Waals surface area contributed by atoms with Crippen molar-refractivity contribution in [3.8, 4) is 0 Å². The molecule has 122 valence electrons. The van der Waals surface area contributed by atoms with Gasteiger partial charge in [-0.05, 0) is 12.0 Å². The highest BCUT2D eigenvalue weighted by atomic mass is 35.8. The molecular weight excluding hydrogens is 327 g/mol. The summed E-state index contributed by atoms with van der Waals surface area (Å²) in [5.41, 5.74) is 0. The molecule has 0 spiro atoms. The molecule has 0 N–H and O–H groups in total. The second-order valence-electron chi connectivity index (χ2n) is 6.09. The lowest BCUT2D eigenvalue weighted by atomic mass is 9.96. The minimum Gasteiger partial charge on any atom is -0.126 e. The molecule has 0 saturated carbocycles. The molecule has 20 heavy (non-hydrogen) atoms. The molecule has 0 aliphatic heterocycles. The van der Waals surface area contributed by atoms with Crippen LogP contribution in [0.4, 0.5) is 0 Å². The van der Waals surface area contributed by atoms with Gasteiger partial charge in [0.2, 0.25) is 0 Å². The van der Waals surface area contributed by atoms with E-state index in [1.165, 1.54) is 77.0 Å². The van der Waals surface area contributed by atoms with Crippen LogP contribution in [0.3, 0.4) is 0 Å². The Bertz CT molecular complexity index is 204. The van der Waals surface area contributed by atoms with Gasteiger partial charge in [-0.25, -0.2) is 0 Å². The fourth-order valence-corrected chi connectivity index (χ4v) is 5.78. The van der Waals surface area contributed by atoms with E-state index in [0.717, 1.165) is 6.04 Å². The summed E-state index contributed by atoms with van der Waals surface area (Å²) >= 11 is 18.4.